The van der Waals surface area contributed by atoms with Gasteiger partial charge in [-0.25, -0.2) is 0 Å². The molecule has 1 aliphatic carbocycles. The van der Waals surface area contributed by atoms with E-state index in [1.165, 1.54) is 19.3 Å². The second-order valence-corrected chi connectivity index (χ2v) is 2.84. The van der Waals surface area contributed by atoms with E-state index in [-0.39, 0.29) is 5.78 Å². The van der Waals surface area contributed by atoms with E-state index >= 15 is 0 Å². The normalized spacial score (nSPS) is 18.4. The summed E-state index contributed by atoms with van der Waals surface area (Å²) in [7, 11) is 1.49. The molecule has 0 atom stereocenters. The molecule has 0 saturated heterocycles. The summed E-state index contributed by atoms with van der Waals surface area (Å²) in [6.07, 6.45) is 6.12. The predicted octanol–water partition coefficient (Wildman–Crippen LogP) is 1.25. The number of rotatable bonds is 3. The number of carbonyl (C=O) groups is 1. The van der Waals surface area contributed by atoms with Crippen molar-refractivity contribution in [1.29, 1.82) is 0 Å². The van der Waals surface area contributed by atoms with Crippen molar-refractivity contribution in [1.82, 2.24) is 5.06 Å². The molecule has 0 bridgehead atoms. The van der Waals surface area contributed by atoms with Gasteiger partial charge in [-0.15, -0.1) is 0 Å². The molecule has 0 aromatic heterocycles. The van der Waals surface area contributed by atoms with Crippen molar-refractivity contribution in [2.75, 3.05) is 13.7 Å². The lowest BCUT2D eigenvalue weighted by Crippen LogP contribution is -2.09. The van der Waals surface area contributed by atoms with Crippen LogP contribution in [0.2, 0.25) is 0 Å². The largest absolute Gasteiger partial charge is 0.490 e. The van der Waals surface area contributed by atoms with Gasteiger partial charge in [-0.2, -0.15) is 0 Å². The highest BCUT2D eigenvalue weighted by Crippen LogP contribution is 2.14. The van der Waals surface area contributed by atoms with Gasteiger partial charge in [0.15, 0.2) is 5.76 Å². The molecule has 1 rings (SSSR count). The van der Waals surface area contributed by atoms with Crippen molar-refractivity contribution >= 4 is 5.78 Å². The molecular weight excluding hydrogens is 182 g/mol. The van der Waals surface area contributed by atoms with E-state index in [2.05, 4.69) is 0 Å². The third-order valence-electron chi connectivity index (χ3n) is 1.60. The van der Waals surface area contributed by atoms with Crippen molar-refractivity contribution in [3.63, 3.8) is 0 Å². The SMILES string of the molecule is CCOC1=CC(=CN(C)O)C=CC1=O. The molecular formula is C10H13NO3. The molecule has 0 aromatic rings. The van der Waals surface area contributed by atoms with Crippen LogP contribution in [0.3, 0.4) is 0 Å². The van der Waals surface area contributed by atoms with E-state index in [1.54, 1.807) is 12.2 Å². The Kier molecular flexibility index (Phi) is 3.48. The van der Waals surface area contributed by atoms with Crippen LogP contribution in [0.5, 0.6) is 0 Å². The van der Waals surface area contributed by atoms with Crippen molar-refractivity contribution in [2.45, 2.75) is 6.92 Å². The molecule has 1 N–H and O–H groups in total. The quantitative estimate of drug-likeness (QED) is 0.688. The first-order valence-electron chi connectivity index (χ1n) is 4.34. The summed E-state index contributed by atoms with van der Waals surface area (Å²) in [5.41, 5.74) is 0.720. The average Bonchev–Trinajstić information content (AvgIpc) is 2.10. The van der Waals surface area contributed by atoms with E-state index in [4.69, 9.17) is 9.94 Å². The van der Waals surface area contributed by atoms with Gasteiger partial charge in [0, 0.05) is 13.2 Å². The Morgan fingerprint density at radius 1 is 1.57 bits per heavy atom. The Morgan fingerprint density at radius 2 is 2.29 bits per heavy atom. The number of ether oxygens (including phenoxy) is 1. The highest BCUT2D eigenvalue weighted by Gasteiger charge is 2.11. The number of nitrogens with zero attached hydrogens (tertiary/aromatic N) is 1. The molecule has 0 spiro atoms. The molecule has 0 amide bonds. The van der Waals surface area contributed by atoms with E-state index < -0.39 is 0 Å². The Balaban J connectivity index is 2.84. The van der Waals surface area contributed by atoms with Crippen LogP contribution in [-0.4, -0.2) is 29.7 Å². The van der Waals surface area contributed by atoms with Gasteiger partial charge in [0.05, 0.1) is 6.61 Å². The molecule has 0 saturated carbocycles. The lowest BCUT2D eigenvalue weighted by atomic mass is 10.1. The fourth-order valence-corrected chi connectivity index (χ4v) is 1.09. The number of hydroxylamine groups is 2. The van der Waals surface area contributed by atoms with Crippen molar-refractivity contribution in [3.05, 3.63) is 35.8 Å². The first kappa shape index (κ1) is 10.5. The summed E-state index contributed by atoms with van der Waals surface area (Å²) in [6.45, 7) is 2.27. The summed E-state index contributed by atoms with van der Waals surface area (Å²) >= 11 is 0. The molecule has 0 radical (unpaired) electrons. The van der Waals surface area contributed by atoms with Gasteiger partial charge in [0.1, 0.15) is 0 Å². The van der Waals surface area contributed by atoms with Crippen LogP contribution in [0.1, 0.15) is 6.92 Å². The van der Waals surface area contributed by atoms with Crippen molar-refractivity contribution < 1.29 is 14.7 Å². The number of hydrogen-bond donors (Lipinski definition) is 1. The maximum atomic E-state index is 11.2. The lowest BCUT2D eigenvalue weighted by molar-refractivity contribution is -0.114. The van der Waals surface area contributed by atoms with Crippen LogP contribution >= 0.6 is 0 Å². The smallest absolute Gasteiger partial charge is 0.220 e. The van der Waals surface area contributed by atoms with Crippen LogP contribution in [0.25, 0.3) is 0 Å². The number of allylic oxidation sites excluding steroid dienone is 4. The molecule has 4 heteroatoms. The second-order valence-electron chi connectivity index (χ2n) is 2.84. The molecule has 0 unspecified atom stereocenters. The van der Waals surface area contributed by atoms with Crippen LogP contribution in [0.15, 0.2) is 35.8 Å². The third-order valence-corrected chi connectivity index (χ3v) is 1.60. The van der Waals surface area contributed by atoms with E-state index in [0.717, 1.165) is 10.6 Å². The predicted molar refractivity (Wildman–Crippen MR) is 51.5 cm³/mol. The summed E-state index contributed by atoms with van der Waals surface area (Å²) in [4.78, 5) is 11.2. The van der Waals surface area contributed by atoms with Gasteiger partial charge in [0.25, 0.3) is 0 Å². The minimum Gasteiger partial charge on any atom is -0.490 e. The van der Waals surface area contributed by atoms with Crippen LogP contribution in [0, 0.1) is 0 Å². The van der Waals surface area contributed by atoms with Gasteiger partial charge in [-0.05, 0) is 30.7 Å². The van der Waals surface area contributed by atoms with Crippen LogP contribution < -0.4 is 0 Å². The number of hydrogen-bond acceptors (Lipinski definition) is 4. The molecule has 0 aromatic carbocycles. The fourth-order valence-electron chi connectivity index (χ4n) is 1.09. The molecule has 0 fully saturated rings. The number of carbonyl (C=O) groups excluding carboxylic acids is 1. The maximum Gasteiger partial charge on any atom is 0.220 e. The van der Waals surface area contributed by atoms with Gasteiger partial charge in [-0.3, -0.25) is 15.1 Å². The summed E-state index contributed by atoms with van der Waals surface area (Å²) in [5, 5.41) is 9.88. The minimum absolute atomic E-state index is 0.149. The highest BCUT2D eigenvalue weighted by molar-refractivity contribution is 6.04. The van der Waals surface area contributed by atoms with Crippen molar-refractivity contribution in [3.8, 4) is 0 Å². The Bertz CT molecular complexity index is 313. The minimum atomic E-state index is -0.149. The molecule has 0 aliphatic heterocycles. The highest BCUT2D eigenvalue weighted by atomic mass is 16.5. The van der Waals surface area contributed by atoms with Gasteiger partial charge in [0.2, 0.25) is 5.78 Å². The standard InChI is InChI=1S/C10H13NO3/c1-3-14-10-6-8(7-11(2)13)4-5-9(10)12/h4-7,13H,3H2,1-2H3. The molecule has 14 heavy (non-hydrogen) atoms. The summed E-state index contributed by atoms with van der Waals surface area (Å²) < 4.78 is 5.13. The maximum absolute atomic E-state index is 11.2. The van der Waals surface area contributed by atoms with Crippen LogP contribution in [-0.2, 0) is 9.53 Å². The van der Waals surface area contributed by atoms with Crippen LogP contribution in [0.4, 0.5) is 0 Å². The second kappa shape index (κ2) is 4.62. The monoisotopic (exact) mass is 195 g/mol. The summed E-state index contributed by atoms with van der Waals surface area (Å²) in [6, 6.07) is 0. The molecule has 4 nitrogen and oxygen atoms in total. The number of ketones is 1. The lowest BCUT2D eigenvalue weighted by Gasteiger charge is -2.11. The fraction of sp³-hybridized carbons (Fsp3) is 0.300. The third kappa shape index (κ3) is 2.74. The zero-order valence-electron chi connectivity index (χ0n) is 8.23. The average molecular weight is 195 g/mol. The van der Waals surface area contributed by atoms with Crippen molar-refractivity contribution in [2.24, 2.45) is 0 Å². The van der Waals surface area contributed by atoms with Gasteiger partial charge < -0.3 is 4.74 Å². The van der Waals surface area contributed by atoms with E-state index in [9.17, 15) is 4.79 Å². The first-order chi connectivity index (χ1) is 6.63. The zero-order chi connectivity index (χ0) is 10.6. The van der Waals surface area contributed by atoms with E-state index in [1.807, 2.05) is 6.92 Å². The first-order valence-corrected chi connectivity index (χ1v) is 4.34. The zero-order valence-corrected chi connectivity index (χ0v) is 8.23. The molecule has 1 aliphatic rings. The Morgan fingerprint density at radius 3 is 2.86 bits per heavy atom. The molecule has 0 heterocycles. The van der Waals surface area contributed by atoms with Gasteiger partial charge >= 0.3 is 0 Å². The van der Waals surface area contributed by atoms with Gasteiger partial charge in [-0.1, -0.05) is 0 Å². The Hall–Kier alpha value is -1.55. The topological polar surface area (TPSA) is 49.8 Å². The Labute approximate surface area is 82.7 Å². The summed E-state index contributed by atoms with van der Waals surface area (Å²) in [5.74, 6) is 0.160. The van der Waals surface area contributed by atoms with E-state index in [0.29, 0.717) is 12.4 Å². The molecule has 76 valence electrons.